The van der Waals surface area contributed by atoms with Gasteiger partial charge in [-0.1, -0.05) is 18.2 Å². The molecule has 1 aromatic rings. The van der Waals surface area contributed by atoms with Crippen molar-refractivity contribution in [1.82, 2.24) is 5.32 Å². The van der Waals surface area contributed by atoms with Crippen LogP contribution in [0.1, 0.15) is 30.1 Å². The first-order chi connectivity index (χ1) is 9.04. The highest BCUT2D eigenvalue weighted by Gasteiger charge is 2.22. The normalized spacial score (nSPS) is 11.5. The lowest BCUT2D eigenvalue weighted by Gasteiger charge is -2.15. The van der Waals surface area contributed by atoms with E-state index in [4.69, 9.17) is 0 Å². The summed E-state index contributed by atoms with van der Waals surface area (Å²) in [5.74, 6) is -0.951. The minimum atomic E-state index is -0.804. The number of hydrogen-bond donors (Lipinski definition) is 1. The number of carbonyl (C=O) groups excluding carboxylic acids is 3. The lowest BCUT2D eigenvalue weighted by Crippen LogP contribution is -2.41. The molecule has 0 heterocycles. The third kappa shape index (κ3) is 4.91. The van der Waals surface area contributed by atoms with E-state index in [1.54, 1.807) is 30.3 Å². The van der Waals surface area contributed by atoms with Crippen LogP contribution >= 0.6 is 0 Å². The quantitative estimate of drug-likeness (QED) is 0.786. The zero-order valence-electron chi connectivity index (χ0n) is 11.0. The number of benzene rings is 1. The number of amides is 1. The highest BCUT2D eigenvalue weighted by molar-refractivity contribution is 5.96. The maximum atomic E-state index is 11.9. The molecule has 0 aromatic heterocycles. The second kappa shape index (κ2) is 7.31. The molecule has 0 aliphatic rings. The van der Waals surface area contributed by atoms with Gasteiger partial charge in [-0.3, -0.25) is 4.79 Å². The zero-order valence-corrected chi connectivity index (χ0v) is 11.0. The number of ketones is 1. The Labute approximate surface area is 111 Å². The van der Waals surface area contributed by atoms with Crippen LogP contribution in [0.15, 0.2) is 30.3 Å². The summed E-state index contributed by atoms with van der Waals surface area (Å²) in [6.45, 7) is 1.44. The van der Waals surface area contributed by atoms with E-state index in [1.165, 1.54) is 14.0 Å². The average Bonchev–Trinajstić information content (AvgIpc) is 2.43. The Balaban J connectivity index is 2.69. The number of ether oxygens (including phenoxy) is 1. The van der Waals surface area contributed by atoms with Crippen LogP contribution in [0, 0.1) is 0 Å². The molecule has 0 bridgehead atoms. The van der Waals surface area contributed by atoms with Gasteiger partial charge >= 0.3 is 5.97 Å². The van der Waals surface area contributed by atoms with Gasteiger partial charge in [0.15, 0.2) is 0 Å². The monoisotopic (exact) mass is 263 g/mol. The minimum Gasteiger partial charge on any atom is -0.467 e. The predicted molar refractivity (Wildman–Crippen MR) is 69.6 cm³/mol. The van der Waals surface area contributed by atoms with Gasteiger partial charge in [-0.15, -0.1) is 0 Å². The molecule has 1 atom stereocenters. The molecule has 0 spiro atoms. The Kier molecular flexibility index (Phi) is 5.73. The van der Waals surface area contributed by atoms with E-state index in [0.717, 1.165) is 0 Å². The van der Waals surface area contributed by atoms with E-state index in [0.29, 0.717) is 5.56 Å². The zero-order chi connectivity index (χ0) is 14.3. The summed E-state index contributed by atoms with van der Waals surface area (Å²) in [7, 11) is 1.25. The van der Waals surface area contributed by atoms with Crippen LogP contribution in [0.25, 0.3) is 0 Å². The molecule has 0 saturated heterocycles. The van der Waals surface area contributed by atoms with Gasteiger partial charge in [-0.05, 0) is 25.5 Å². The van der Waals surface area contributed by atoms with Crippen molar-refractivity contribution in [3.05, 3.63) is 35.9 Å². The van der Waals surface area contributed by atoms with Crippen molar-refractivity contribution in [3.8, 4) is 0 Å². The SMILES string of the molecule is COC(=O)[C@H](CCC(C)=O)NC(=O)c1ccccc1. The second-order valence-corrected chi connectivity index (χ2v) is 4.16. The number of rotatable bonds is 6. The van der Waals surface area contributed by atoms with Crippen molar-refractivity contribution >= 4 is 17.7 Å². The van der Waals surface area contributed by atoms with E-state index < -0.39 is 12.0 Å². The summed E-state index contributed by atoms with van der Waals surface area (Å²) in [5, 5.41) is 2.57. The van der Waals surface area contributed by atoms with E-state index in [1.807, 2.05) is 0 Å². The van der Waals surface area contributed by atoms with Crippen LogP contribution in [0.5, 0.6) is 0 Å². The van der Waals surface area contributed by atoms with E-state index in [2.05, 4.69) is 10.1 Å². The van der Waals surface area contributed by atoms with Crippen LogP contribution in [0.2, 0.25) is 0 Å². The molecule has 0 aliphatic heterocycles. The molecule has 19 heavy (non-hydrogen) atoms. The minimum absolute atomic E-state index is 0.0390. The molecule has 0 radical (unpaired) electrons. The molecule has 5 nitrogen and oxygen atoms in total. The van der Waals surface area contributed by atoms with Gasteiger partial charge in [0.05, 0.1) is 7.11 Å². The first kappa shape index (κ1) is 14.9. The van der Waals surface area contributed by atoms with E-state index in [9.17, 15) is 14.4 Å². The lowest BCUT2D eigenvalue weighted by atomic mass is 10.1. The number of carbonyl (C=O) groups is 3. The largest absolute Gasteiger partial charge is 0.467 e. The number of Topliss-reactive ketones (excluding diaryl/α,β-unsaturated/α-hetero) is 1. The lowest BCUT2D eigenvalue weighted by molar-refractivity contribution is -0.143. The summed E-state index contributed by atoms with van der Waals surface area (Å²) in [5.41, 5.74) is 0.458. The van der Waals surface area contributed by atoms with Crippen LogP contribution in [0.3, 0.4) is 0 Å². The molecular weight excluding hydrogens is 246 g/mol. The fourth-order valence-electron chi connectivity index (χ4n) is 1.57. The van der Waals surface area contributed by atoms with Gasteiger partial charge in [0.2, 0.25) is 0 Å². The average molecular weight is 263 g/mol. The summed E-state index contributed by atoms with van der Waals surface area (Å²) in [4.78, 5) is 34.4. The van der Waals surface area contributed by atoms with Crippen LogP contribution < -0.4 is 5.32 Å². The molecule has 102 valence electrons. The molecule has 1 rings (SSSR count). The smallest absolute Gasteiger partial charge is 0.328 e. The van der Waals surface area contributed by atoms with Crippen molar-refractivity contribution in [2.24, 2.45) is 0 Å². The van der Waals surface area contributed by atoms with Gasteiger partial charge in [-0.25, -0.2) is 4.79 Å². The van der Waals surface area contributed by atoms with Crippen LogP contribution in [-0.2, 0) is 14.3 Å². The Morgan fingerprint density at radius 3 is 2.37 bits per heavy atom. The van der Waals surface area contributed by atoms with Crippen molar-refractivity contribution in [1.29, 1.82) is 0 Å². The highest BCUT2D eigenvalue weighted by Crippen LogP contribution is 2.04. The molecule has 0 saturated carbocycles. The fourth-order valence-corrected chi connectivity index (χ4v) is 1.57. The van der Waals surface area contributed by atoms with Gasteiger partial charge in [-0.2, -0.15) is 0 Å². The number of esters is 1. The van der Waals surface area contributed by atoms with Crippen molar-refractivity contribution in [2.75, 3.05) is 7.11 Å². The van der Waals surface area contributed by atoms with Crippen molar-refractivity contribution < 1.29 is 19.1 Å². The molecule has 5 heteroatoms. The second-order valence-electron chi connectivity index (χ2n) is 4.16. The van der Waals surface area contributed by atoms with Crippen molar-refractivity contribution in [2.45, 2.75) is 25.8 Å². The Morgan fingerprint density at radius 2 is 1.84 bits per heavy atom. The van der Waals surface area contributed by atoms with Crippen LogP contribution in [-0.4, -0.2) is 30.8 Å². The topological polar surface area (TPSA) is 72.5 Å². The maximum Gasteiger partial charge on any atom is 0.328 e. The Bertz CT molecular complexity index is 456. The first-order valence-corrected chi connectivity index (χ1v) is 5.97. The van der Waals surface area contributed by atoms with Gasteiger partial charge in [0.1, 0.15) is 11.8 Å². The molecular formula is C14H17NO4. The number of methoxy groups -OCH3 is 1. The maximum absolute atomic E-state index is 11.9. The summed E-state index contributed by atoms with van der Waals surface area (Å²) in [6.07, 6.45) is 0.454. The Hall–Kier alpha value is -2.17. The number of nitrogens with one attached hydrogen (secondary N) is 1. The van der Waals surface area contributed by atoms with Crippen molar-refractivity contribution in [3.63, 3.8) is 0 Å². The van der Waals surface area contributed by atoms with Gasteiger partial charge in [0, 0.05) is 12.0 Å². The molecule has 1 N–H and O–H groups in total. The Morgan fingerprint density at radius 1 is 1.21 bits per heavy atom. The third-order valence-corrected chi connectivity index (χ3v) is 2.61. The summed E-state index contributed by atoms with van der Waals surface area (Å²) in [6, 6.07) is 7.75. The predicted octanol–water partition coefficient (Wildman–Crippen LogP) is 1.33. The standard InChI is InChI=1S/C14H17NO4/c1-10(16)8-9-12(14(18)19-2)15-13(17)11-6-4-3-5-7-11/h3-7,12H,8-9H2,1-2H3,(H,15,17)/t12-/m0/s1. The molecule has 1 amide bonds. The molecule has 0 unspecified atom stereocenters. The molecule has 0 aliphatic carbocycles. The van der Waals surface area contributed by atoms with Gasteiger partial charge in [0.25, 0.3) is 5.91 Å². The summed E-state index contributed by atoms with van der Waals surface area (Å²) >= 11 is 0. The fraction of sp³-hybridized carbons (Fsp3) is 0.357. The van der Waals surface area contributed by atoms with E-state index in [-0.39, 0.29) is 24.5 Å². The number of hydrogen-bond acceptors (Lipinski definition) is 4. The van der Waals surface area contributed by atoms with E-state index >= 15 is 0 Å². The molecule has 0 fully saturated rings. The molecule has 1 aromatic carbocycles. The first-order valence-electron chi connectivity index (χ1n) is 5.97. The third-order valence-electron chi connectivity index (χ3n) is 2.61. The highest BCUT2D eigenvalue weighted by atomic mass is 16.5. The summed E-state index contributed by atoms with van der Waals surface area (Å²) < 4.78 is 4.62. The van der Waals surface area contributed by atoms with Gasteiger partial charge < -0.3 is 14.8 Å². The van der Waals surface area contributed by atoms with Crippen LogP contribution in [0.4, 0.5) is 0 Å².